The number of phenols is 1. The van der Waals surface area contributed by atoms with Gasteiger partial charge in [-0.15, -0.1) is 0 Å². The number of rotatable bonds is 4. The number of nitrogens with zero attached hydrogens (tertiary/aromatic N) is 1. The molecule has 0 aliphatic carbocycles. The average molecular weight is 287 g/mol. The molecule has 3 N–H and O–H groups in total. The van der Waals surface area contributed by atoms with Crippen molar-refractivity contribution in [1.82, 2.24) is 5.32 Å². The minimum Gasteiger partial charge on any atom is -0.508 e. The van der Waals surface area contributed by atoms with Crippen LogP contribution in [0, 0.1) is 10.1 Å². The van der Waals surface area contributed by atoms with E-state index in [2.05, 4.69) is 10.6 Å². The maximum Gasteiger partial charge on any atom is 0.319 e. The van der Waals surface area contributed by atoms with Gasteiger partial charge in [-0.05, 0) is 23.8 Å². The van der Waals surface area contributed by atoms with Gasteiger partial charge in [0.2, 0.25) is 0 Å². The van der Waals surface area contributed by atoms with E-state index in [4.69, 9.17) is 5.11 Å². The number of hydrogen-bond acceptors (Lipinski definition) is 4. The standard InChI is InChI=1S/C14H13N3O4/c18-13-6-4-10(5-7-13)9-15-14(19)16-11-2-1-3-12(8-11)17(20)21/h1-8,18H,9H2,(H2,15,16,19). The van der Waals surface area contributed by atoms with E-state index in [9.17, 15) is 14.9 Å². The van der Waals surface area contributed by atoms with Gasteiger partial charge in [-0.2, -0.15) is 0 Å². The molecule has 2 aromatic carbocycles. The molecule has 7 nitrogen and oxygen atoms in total. The van der Waals surface area contributed by atoms with E-state index in [1.165, 1.54) is 30.3 Å². The average Bonchev–Trinajstić information content (AvgIpc) is 2.47. The first kappa shape index (κ1) is 14.3. The maximum absolute atomic E-state index is 11.7. The summed E-state index contributed by atoms with van der Waals surface area (Å²) in [5.74, 6) is 0.153. The van der Waals surface area contributed by atoms with E-state index in [1.54, 1.807) is 18.2 Å². The number of urea groups is 1. The van der Waals surface area contributed by atoms with E-state index in [0.717, 1.165) is 5.56 Å². The van der Waals surface area contributed by atoms with Crippen LogP contribution in [0.5, 0.6) is 5.75 Å². The summed E-state index contributed by atoms with van der Waals surface area (Å²) in [7, 11) is 0. The third-order valence-electron chi connectivity index (χ3n) is 2.70. The molecule has 0 aliphatic heterocycles. The summed E-state index contributed by atoms with van der Waals surface area (Å²) >= 11 is 0. The number of nitro benzene ring substituents is 1. The molecule has 2 amide bonds. The number of benzene rings is 2. The summed E-state index contributed by atoms with van der Waals surface area (Å²) in [4.78, 5) is 21.8. The molecule has 0 unspecified atom stereocenters. The van der Waals surface area contributed by atoms with Crippen molar-refractivity contribution in [2.75, 3.05) is 5.32 Å². The van der Waals surface area contributed by atoms with Gasteiger partial charge in [-0.25, -0.2) is 4.79 Å². The van der Waals surface area contributed by atoms with Crippen molar-refractivity contribution in [3.63, 3.8) is 0 Å². The van der Waals surface area contributed by atoms with Crippen LogP contribution in [0.15, 0.2) is 48.5 Å². The number of nitro groups is 1. The van der Waals surface area contributed by atoms with Gasteiger partial charge in [-0.3, -0.25) is 10.1 Å². The second kappa shape index (κ2) is 6.38. The Morgan fingerprint density at radius 1 is 1.19 bits per heavy atom. The summed E-state index contributed by atoms with van der Waals surface area (Å²) in [5, 5.41) is 24.9. The number of aromatic hydroxyl groups is 1. The number of nitrogens with one attached hydrogen (secondary N) is 2. The molecule has 7 heteroatoms. The van der Waals surface area contributed by atoms with Gasteiger partial charge >= 0.3 is 6.03 Å². The predicted molar refractivity (Wildman–Crippen MR) is 77.1 cm³/mol. The van der Waals surface area contributed by atoms with E-state index < -0.39 is 11.0 Å². The number of carbonyl (C=O) groups excluding carboxylic acids is 1. The van der Waals surface area contributed by atoms with Gasteiger partial charge < -0.3 is 15.7 Å². The molecular weight excluding hydrogens is 274 g/mol. The Balaban J connectivity index is 1.91. The summed E-state index contributed by atoms with van der Waals surface area (Å²) in [6.45, 7) is 0.279. The Hall–Kier alpha value is -3.09. The van der Waals surface area contributed by atoms with Crippen molar-refractivity contribution in [3.05, 3.63) is 64.2 Å². The summed E-state index contributed by atoms with van der Waals surface area (Å²) < 4.78 is 0. The molecule has 0 saturated heterocycles. The Morgan fingerprint density at radius 2 is 1.90 bits per heavy atom. The van der Waals surface area contributed by atoms with E-state index in [0.29, 0.717) is 5.69 Å². The number of carbonyl (C=O) groups is 1. The van der Waals surface area contributed by atoms with Crippen molar-refractivity contribution in [2.45, 2.75) is 6.54 Å². The molecule has 0 saturated carbocycles. The van der Waals surface area contributed by atoms with Crippen LogP contribution in [0.4, 0.5) is 16.2 Å². The van der Waals surface area contributed by atoms with Crippen LogP contribution in [-0.4, -0.2) is 16.1 Å². The molecule has 0 aromatic heterocycles. The molecule has 0 radical (unpaired) electrons. The Labute approximate surface area is 120 Å². The lowest BCUT2D eigenvalue weighted by Gasteiger charge is -2.07. The Morgan fingerprint density at radius 3 is 2.57 bits per heavy atom. The van der Waals surface area contributed by atoms with E-state index in [-0.39, 0.29) is 18.0 Å². The van der Waals surface area contributed by atoms with Gasteiger partial charge in [-0.1, -0.05) is 18.2 Å². The van der Waals surface area contributed by atoms with Crippen molar-refractivity contribution >= 4 is 17.4 Å². The topological polar surface area (TPSA) is 104 Å². The number of amides is 2. The Bertz CT molecular complexity index is 656. The lowest BCUT2D eigenvalue weighted by atomic mass is 10.2. The van der Waals surface area contributed by atoms with Gasteiger partial charge in [0.1, 0.15) is 5.75 Å². The minimum absolute atomic E-state index is 0.0914. The highest BCUT2D eigenvalue weighted by atomic mass is 16.6. The first-order valence-corrected chi connectivity index (χ1v) is 6.12. The normalized spacial score (nSPS) is 9.90. The lowest BCUT2D eigenvalue weighted by molar-refractivity contribution is -0.384. The van der Waals surface area contributed by atoms with Crippen molar-refractivity contribution in [2.24, 2.45) is 0 Å². The number of hydrogen-bond donors (Lipinski definition) is 3. The molecule has 21 heavy (non-hydrogen) atoms. The number of anilines is 1. The van der Waals surface area contributed by atoms with Gasteiger partial charge in [0, 0.05) is 24.4 Å². The fourth-order valence-electron chi connectivity index (χ4n) is 1.67. The van der Waals surface area contributed by atoms with Crippen LogP contribution in [0.3, 0.4) is 0 Å². The molecule has 0 bridgehead atoms. The molecule has 108 valence electrons. The summed E-state index contributed by atoms with van der Waals surface area (Å²) in [5.41, 5.74) is 1.07. The first-order valence-electron chi connectivity index (χ1n) is 6.12. The van der Waals surface area contributed by atoms with E-state index in [1.807, 2.05) is 0 Å². The van der Waals surface area contributed by atoms with Crippen LogP contribution in [0.1, 0.15) is 5.56 Å². The van der Waals surface area contributed by atoms with Gasteiger partial charge in [0.05, 0.1) is 4.92 Å². The second-order valence-corrected chi connectivity index (χ2v) is 4.28. The molecule has 0 aliphatic rings. The van der Waals surface area contributed by atoms with Crippen LogP contribution in [0.2, 0.25) is 0 Å². The number of non-ortho nitro benzene ring substituents is 1. The van der Waals surface area contributed by atoms with Crippen LogP contribution < -0.4 is 10.6 Å². The maximum atomic E-state index is 11.7. The van der Waals surface area contributed by atoms with Crippen molar-refractivity contribution in [3.8, 4) is 5.75 Å². The Kier molecular flexibility index (Phi) is 4.35. The monoisotopic (exact) mass is 287 g/mol. The van der Waals surface area contributed by atoms with E-state index >= 15 is 0 Å². The van der Waals surface area contributed by atoms with Crippen molar-refractivity contribution < 1.29 is 14.8 Å². The lowest BCUT2D eigenvalue weighted by Crippen LogP contribution is -2.28. The van der Waals surface area contributed by atoms with Crippen molar-refractivity contribution in [1.29, 1.82) is 0 Å². The first-order chi connectivity index (χ1) is 10.0. The molecule has 2 aromatic rings. The van der Waals surface area contributed by atoms with Gasteiger partial charge in [0.15, 0.2) is 0 Å². The fourth-order valence-corrected chi connectivity index (χ4v) is 1.67. The smallest absolute Gasteiger partial charge is 0.319 e. The van der Waals surface area contributed by atoms with Gasteiger partial charge in [0.25, 0.3) is 5.69 Å². The predicted octanol–water partition coefficient (Wildman–Crippen LogP) is 2.62. The molecule has 0 heterocycles. The molecule has 0 atom stereocenters. The highest BCUT2D eigenvalue weighted by molar-refractivity contribution is 5.89. The molecule has 2 rings (SSSR count). The SMILES string of the molecule is O=C(NCc1ccc(O)cc1)Nc1cccc([N+](=O)[O-])c1. The summed E-state index contributed by atoms with van der Waals surface area (Å²) in [6, 6.07) is 11.6. The van der Waals surface area contributed by atoms with Crippen LogP contribution >= 0.6 is 0 Å². The molecular formula is C14H13N3O4. The largest absolute Gasteiger partial charge is 0.508 e. The highest BCUT2D eigenvalue weighted by Crippen LogP contribution is 2.16. The highest BCUT2D eigenvalue weighted by Gasteiger charge is 2.07. The van der Waals surface area contributed by atoms with Crippen LogP contribution in [-0.2, 0) is 6.54 Å². The quantitative estimate of drug-likeness (QED) is 0.593. The van der Waals surface area contributed by atoms with Crippen LogP contribution in [0.25, 0.3) is 0 Å². The second-order valence-electron chi connectivity index (χ2n) is 4.28. The zero-order valence-electron chi connectivity index (χ0n) is 10.9. The number of phenolic OH excluding ortho intramolecular Hbond substituents is 1. The zero-order valence-corrected chi connectivity index (χ0v) is 10.9. The third kappa shape index (κ3) is 4.20. The summed E-state index contributed by atoms with van der Waals surface area (Å²) in [6.07, 6.45) is 0. The minimum atomic E-state index is -0.528. The zero-order chi connectivity index (χ0) is 15.2. The molecule has 0 spiro atoms. The fraction of sp³-hybridized carbons (Fsp3) is 0.0714. The molecule has 0 fully saturated rings. The third-order valence-corrected chi connectivity index (χ3v) is 2.70.